The number of rotatable bonds is 6. The van der Waals surface area contributed by atoms with Crippen molar-refractivity contribution in [3.05, 3.63) is 28.8 Å². The molecule has 0 aromatic carbocycles. The number of hydrogen-bond acceptors (Lipinski definition) is 5. The van der Waals surface area contributed by atoms with Crippen molar-refractivity contribution in [1.82, 2.24) is 19.6 Å². The van der Waals surface area contributed by atoms with E-state index in [2.05, 4.69) is 36.2 Å². The Labute approximate surface area is 135 Å². The van der Waals surface area contributed by atoms with Crippen LogP contribution in [0.25, 0.3) is 0 Å². The van der Waals surface area contributed by atoms with E-state index in [0.29, 0.717) is 18.8 Å². The third-order valence-electron chi connectivity index (χ3n) is 2.91. The lowest BCUT2D eigenvalue weighted by Crippen LogP contribution is -2.16. The highest BCUT2D eigenvalue weighted by Crippen LogP contribution is 2.15. The lowest BCUT2D eigenvalue weighted by atomic mass is 10.3. The van der Waals surface area contributed by atoms with Gasteiger partial charge in [-0.3, -0.25) is 14.2 Å². The number of ether oxygens (including phenoxy) is 1. The summed E-state index contributed by atoms with van der Waals surface area (Å²) in [6.45, 7) is 2.91. The number of carbonyl (C=O) groups excluding carboxylic acids is 2. The molecule has 0 aliphatic heterocycles. The minimum atomic E-state index is -0.585. The van der Waals surface area contributed by atoms with Gasteiger partial charge in [0.15, 0.2) is 5.69 Å². The first-order valence-electron chi connectivity index (χ1n) is 6.67. The Kier molecular flexibility index (Phi) is 5.31. The highest BCUT2D eigenvalue weighted by molar-refractivity contribution is 9.10. The number of aromatic nitrogens is 4. The zero-order chi connectivity index (χ0) is 16.1. The zero-order valence-corrected chi connectivity index (χ0v) is 13.8. The van der Waals surface area contributed by atoms with Gasteiger partial charge in [-0.2, -0.15) is 10.2 Å². The molecule has 0 spiro atoms. The Hall–Kier alpha value is -2.16. The Morgan fingerprint density at radius 1 is 1.36 bits per heavy atom. The molecule has 8 nitrogen and oxygen atoms in total. The van der Waals surface area contributed by atoms with Crippen LogP contribution in [0.1, 0.15) is 23.8 Å². The van der Waals surface area contributed by atoms with Crippen molar-refractivity contribution in [2.24, 2.45) is 0 Å². The maximum Gasteiger partial charge on any atom is 0.360 e. The Morgan fingerprint density at radius 3 is 2.73 bits per heavy atom. The van der Waals surface area contributed by atoms with E-state index >= 15 is 0 Å². The highest BCUT2D eigenvalue weighted by Gasteiger charge is 2.18. The topological polar surface area (TPSA) is 91.0 Å². The minimum Gasteiger partial charge on any atom is -0.464 e. The fourth-order valence-electron chi connectivity index (χ4n) is 1.81. The molecule has 2 rings (SSSR count). The summed E-state index contributed by atoms with van der Waals surface area (Å²) in [6.07, 6.45) is 5.27. The maximum atomic E-state index is 12.0. The van der Waals surface area contributed by atoms with Crippen LogP contribution in [-0.2, 0) is 22.6 Å². The van der Waals surface area contributed by atoms with Gasteiger partial charge in [0.2, 0.25) is 5.91 Å². The number of nitrogens with zero attached hydrogens (tertiary/aromatic N) is 4. The van der Waals surface area contributed by atoms with Gasteiger partial charge in [-0.15, -0.1) is 0 Å². The first-order chi connectivity index (χ1) is 10.5. The van der Waals surface area contributed by atoms with Gasteiger partial charge in [0.05, 0.1) is 23.5 Å². The second-order valence-corrected chi connectivity index (χ2v) is 5.37. The standard InChI is InChI=1S/C13H16BrN5O3/c1-3-18-8-10(12(17-18)13(21)22-2)16-11(20)4-5-19-7-9(14)6-15-19/h6-8H,3-5H2,1-2H3,(H,16,20). The van der Waals surface area contributed by atoms with Crippen LogP contribution in [0.15, 0.2) is 23.1 Å². The van der Waals surface area contributed by atoms with Gasteiger partial charge in [0.1, 0.15) is 0 Å². The number of hydrogen-bond donors (Lipinski definition) is 1. The van der Waals surface area contributed by atoms with E-state index in [4.69, 9.17) is 0 Å². The van der Waals surface area contributed by atoms with E-state index in [9.17, 15) is 9.59 Å². The predicted molar refractivity (Wildman–Crippen MR) is 82.4 cm³/mol. The molecule has 1 N–H and O–H groups in total. The summed E-state index contributed by atoms with van der Waals surface area (Å²) >= 11 is 3.29. The molecule has 118 valence electrons. The monoisotopic (exact) mass is 369 g/mol. The summed E-state index contributed by atoms with van der Waals surface area (Å²) in [6, 6.07) is 0. The average molecular weight is 370 g/mol. The third kappa shape index (κ3) is 3.94. The molecule has 0 unspecified atom stereocenters. The summed E-state index contributed by atoms with van der Waals surface area (Å²) in [7, 11) is 1.27. The van der Waals surface area contributed by atoms with E-state index in [0.717, 1.165) is 4.47 Å². The minimum absolute atomic E-state index is 0.0968. The number of esters is 1. The Balaban J connectivity index is 2.01. The second kappa shape index (κ2) is 7.21. The predicted octanol–water partition coefficient (Wildman–Crippen LogP) is 1.68. The van der Waals surface area contributed by atoms with E-state index < -0.39 is 5.97 Å². The molecule has 0 saturated carbocycles. The quantitative estimate of drug-likeness (QED) is 0.782. The summed E-state index contributed by atoms with van der Waals surface area (Å²) in [4.78, 5) is 23.7. The molecule has 0 bridgehead atoms. The molecule has 1 amide bonds. The molecule has 0 fully saturated rings. The molecule has 9 heteroatoms. The summed E-state index contributed by atoms with van der Waals surface area (Å²) in [5.41, 5.74) is 0.444. The van der Waals surface area contributed by atoms with E-state index in [1.165, 1.54) is 7.11 Å². The zero-order valence-electron chi connectivity index (χ0n) is 12.2. The van der Waals surface area contributed by atoms with Gasteiger partial charge in [-0.1, -0.05) is 0 Å². The maximum absolute atomic E-state index is 12.0. The Morgan fingerprint density at radius 2 is 2.14 bits per heavy atom. The fraction of sp³-hybridized carbons (Fsp3) is 0.385. The SMILES string of the molecule is CCn1cc(NC(=O)CCn2cc(Br)cn2)c(C(=O)OC)n1. The van der Waals surface area contributed by atoms with Crippen LogP contribution >= 0.6 is 15.9 Å². The van der Waals surface area contributed by atoms with Crippen molar-refractivity contribution >= 4 is 33.5 Å². The van der Waals surface area contributed by atoms with Crippen LogP contribution in [0.2, 0.25) is 0 Å². The van der Waals surface area contributed by atoms with Crippen molar-refractivity contribution < 1.29 is 14.3 Å². The molecule has 2 aromatic rings. The lowest BCUT2D eigenvalue weighted by molar-refractivity contribution is -0.116. The van der Waals surface area contributed by atoms with Crippen LogP contribution in [0.3, 0.4) is 0 Å². The van der Waals surface area contributed by atoms with Crippen LogP contribution in [0, 0.1) is 0 Å². The summed E-state index contributed by atoms with van der Waals surface area (Å²) in [5.74, 6) is -0.814. The molecule has 2 heterocycles. The molecule has 2 aromatic heterocycles. The third-order valence-corrected chi connectivity index (χ3v) is 3.32. The van der Waals surface area contributed by atoms with Gasteiger partial charge < -0.3 is 10.1 Å². The Bertz CT molecular complexity index is 679. The average Bonchev–Trinajstić information content (AvgIpc) is 3.10. The second-order valence-electron chi connectivity index (χ2n) is 4.46. The van der Waals surface area contributed by atoms with Gasteiger partial charge >= 0.3 is 5.97 Å². The molecule has 22 heavy (non-hydrogen) atoms. The van der Waals surface area contributed by atoms with Crippen molar-refractivity contribution in [1.29, 1.82) is 0 Å². The molecule has 0 saturated heterocycles. The molecular formula is C13H16BrN5O3. The van der Waals surface area contributed by atoms with Crippen molar-refractivity contribution in [2.75, 3.05) is 12.4 Å². The summed E-state index contributed by atoms with van der Waals surface area (Å²) in [5, 5.41) is 10.8. The number of nitrogens with one attached hydrogen (secondary N) is 1. The van der Waals surface area contributed by atoms with Crippen molar-refractivity contribution in [3.8, 4) is 0 Å². The van der Waals surface area contributed by atoms with Crippen LogP contribution in [0.4, 0.5) is 5.69 Å². The van der Waals surface area contributed by atoms with Gasteiger partial charge in [0.25, 0.3) is 0 Å². The molecular weight excluding hydrogens is 354 g/mol. The number of methoxy groups -OCH3 is 1. The number of anilines is 1. The molecule has 0 aliphatic carbocycles. The van der Waals surface area contributed by atoms with E-state index in [1.807, 2.05) is 6.92 Å². The number of halogens is 1. The molecule has 0 atom stereocenters. The number of aryl methyl sites for hydroxylation is 2. The lowest BCUT2D eigenvalue weighted by Gasteiger charge is -2.04. The van der Waals surface area contributed by atoms with Gasteiger partial charge in [-0.05, 0) is 22.9 Å². The van der Waals surface area contributed by atoms with Crippen LogP contribution in [-0.4, -0.2) is 38.5 Å². The van der Waals surface area contributed by atoms with Crippen LogP contribution < -0.4 is 5.32 Å². The smallest absolute Gasteiger partial charge is 0.360 e. The van der Waals surface area contributed by atoms with Gasteiger partial charge in [-0.25, -0.2) is 4.79 Å². The van der Waals surface area contributed by atoms with E-state index in [-0.39, 0.29) is 18.0 Å². The van der Waals surface area contributed by atoms with E-state index in [1.54, 1.807) is 28.0 Å². The number of amides is 1. The largest absolute Gasteiger partial charge is 0.464 e. The highest BCUT2D eigenvalue weighted by atomic mass is 79.9. The van der Waals surface area contributed by atoms with Gasteiger partial charge in [0, 0.05) is 31.9 Å². The fourth-order valence-corrected chi connectivity index (χ4v) is 2.14. The molecule has 0 aliphatic rings. The van der Waals surface area contributed by atoms with Crippen molar-refractivity contribution in [2.45, 2.75) is 26.4 Å². The number of carbonyl (C=O) groups is 2. The summed E-state index contributed by atoms with van der Waals surface area (Å²) < 4.78 is 8.73. The first-order valence-corrected chi connectivity index (χ1v) is 7.46. The first kappa shape index (κ1) is 16.2. The molecule has 0 radical (unpaired) electrons. The normalized spacial score (nSPS) is 10.5. The van der Waals surface area contributed by atoms with Crippen molar-refractivity contribution in [3.63, 3.8) is 0 Å². The van der Waals surface area contributed by atoms with Crippen LogP contribution in [0.5, 0.6) is 0 Å².